The number of nitrogens with one attached hydrogen (secondary N) is 2. The van der Waals surface area contributed by atoms with Crippen molar-refractivity contribution in [2.45, 2.75) is 18.9 Å². The molecule has 0 bridgehead atoms. The maximum Gasteiger partial charge on any atom is 0.319 e. The Morgan fingerprint density at radius 1 is 0.875 bits per heavy atom. The normalized spacial score (nSPS) is 17.8. The molecule has 0 aromatic heterocycles. The zero-order valence-corrected chi connectivity index (χ0v) is 18.2. The lowest BCUT2D eigenvalue weighted by molar-refractivity contribution is -0.133. The number of halogens is 1. The lowest BCUT2D eigenvalue weighted by Crippen LogP contribution is -2.53. The van der Waals surface area contributed by atoms with Gasteiger partial charge >= 0.3 is 6.03 Å². The SMILES string of the molecule is O=C(Nc1ccccc1)NC1CCN(CC(=O)N2CCN(c3ccc(F)cc3)CC2)CC1. The van der Waals surface area contributed by atoms with E-state index < -0.39 is 0 Å². The van der Waals surface area contributed by atoms with Gasteiger partial charge in [0.25, 0.3) is 0 Å². The number of para-hydroxylation sites is 1. The number of hydrogen-bond acceptors (Lipinski definition) is 4. The fourth-order valence-electron chi connectivity index (χ4n) is 4.27. The van der Waals surface area contributed by atoms with E-state index in [2.05, 4.69) is 20.4 Å². The zero-order chi connectivity index (χ0) is 22.3. The van der Waals surface area contributed by atoms with Crippen LogP contribution in [0.25, 0.3) is 0 Å². The Balaban J connectivity index is 1.16. The first-order chi connectivity index (χ1) is 15.6. The zero-order valence-electron chi connectivity index (χ0n) is 18.2. The standard InChI is InChI=1S/C24H30FN5O2/c25-19-6-8-22(9-7-19)29-14-16-30(17-15-29)23(31)18-28-12-10-21(11-13-28)27-24(32)26-20-4-2-1-3-5-20/h1-9,21H,10-18H2,(H2,26,27,32). The monoisotopic (exact) mass is 439 g/mol. The van der Waals surface area contributed by atoms with Crippen LogP contribution in [0.4, 0.5) is 20.6 Å². The molecule has 3 amide bonds. The van der Waals surface area contributed by atoms with Crippen molar-refractivity contribution in [1.82, 2.24) is 15.1 Å². The van der Waals surface area contributed by atoms with E-state index in [1.165, 1.54) is 12.1 Å². The van der Waals surface area contributed by atoms with E-state index in [1.807, 2.05) is 35.2 Å². The fourth-order valence-corrected chi connectivity index (χ4v) is 4.27. The van der Waals surface area contributed by atoms with Crippen molar-refractivity contribution in [3.8, 4) is 0 Å². The Kier molecular flexibility index (Phi) is 7.21. The molecule has 2 aromatic carbocycles. The molecule has 4 rings (SSSR count). The molecule has 2 saturated heterocycles. The minimum atomic E-state index is -0.238. The summed E-state index contributed by atoms with van der Waals surface area (Å²) in [6.45, 7) is 4.84. The second-order valence-electron chi connectivity index (χ2n) is 8.36. The molecule has 2 aliphatic heterocycles. The van der Waals surface area contributed by atoms with Crippen molar-refractivity contribution in [3.63, 3.8) is 0 Å². The Morgan fingerprint density at radius 2 is 1.53 bits per heavy atom. The number of benzene rings is 2. The highest BCUT2D eigenvalue weighted by atomic mass is 19.1. The Morgan fingerprint density at radius 3 is 2.19 bits per heavy atom. The van der Waals surface area contributed by atoms with Gasteiger partial charge in [0, 0.05) is 56.7 Å². The molecule has 0 unspecified atom stereocenters. The molecule has 0 saturated carbocycles. The number of anilines is 2. The predicted octanol–water partition coefficient (Wildman–Crippen LogP) is 2.76. The number of likely N-dealkylation sites (tertiary alicyclic amines) is 1. The Bertz CT molecular complexity index is 892. The van der Waals surface area contributed by atoms with Crippen LogP contribution in [0.1, 0.15) is 12.8 Å². The lowest BCUT2D eigenvalue weighted by Gasteiger charge is -2.38. The van der Waals surface area contributed by atoms with Crippen LogP contribution < -0.4 is 15.5 Å². The van der Waals surface area contributed by atoms with Gasteiger partial charge in [-0.1, -0.05) is 18.2 Å². The third-order valence-electron chi connectivity index (χ3n) is 6.14. The van der Waals surface area contributed by atoms with Crippen LogP contribution >= 0.6 is 0 Å². The first-order valence-corrected chi connectivity index (χ1v) is 11.2. The van der Waals surface area contributed by atoms with Gasteiger partial charge in [0.15, 0.2) is 0 Å². The average molecular weight is 440 g/mol. The van der Waals surface area contributed by atoms with Crippen molar-refractivity contribution < 1.29 is 14.0 Å². The summed E-state index contributed by atoms with van der Waals surface area (Å²) in [6.07, 6.45) is 1.65. The van der Waals surface area contributed by atoms with Crippen LogP contribution in [0.15, 0.2) is 54.6 Å². The van der Waals surface area contributed by atoms with Crippen LogP contribution in [0.2, 0.25) is 0 Å². The molecule has 2 N–H and O–H groups in total. The Labute approximate surface area is 188 Å². The first kappa shape index (κ1) is 22.1. The molecule has 2 fully saturated rings. The van der Waals surface area contributed by atoms with Crippen LogP contribution in [0.3, 0.4) is 0 Å². The largest absolute Gasteiger partial charge is 0.368 e. The molecule has 170 valence electrons. The van der Waals surface area contributed by atoms with Crippen LogP contribution in [0, 0.1) is 5.82 Å². The number of nitrogens with zero attached hydrogens (tertiary/aromatic N) is 3. The molecule has 0 spiro atoms. The van der Waals surface area contributed by atoms with E-state index in [-0.39, 0.29) is 23.8 Å². The van der Waals surface area contributed by atoms with Gasteiger partial charge < -0.3 is 20.4 Å². The second kappa shape index (κ2) is 10.5. The van der Waals surface area contributed by atoms with Crippen molar-refractivity contribution in [2.24, 2.45) is 0 Å². The highest BCUT2D eigenvalue weighted by Gasteiger charge is 2.26. The van der Waals surface area contributed by atoms with Crippen molar-refractivity contribution in [1.29, 1.82) is 0 Å². The number of carbonyl (C=O) groups excluding carboxylic acids is 2. The summed E-state index contributed by atoms with van der Waals surface area (Å²) in [7, 11) is 0. The van der Waals surface area contributed by atoms with E-state index >= 15 is 0 Å². The quantitative estimate of drug-likeness (QED) is 0.752. The number of rotatable bonds is 5. The van der Waals surface area contributed by atoms with Gasteiger partial charge in [-0.3, -0.25) is 9.69 Å². The minimum absolute atomic E-state index is 0.115. The van der Waals surface area contributed by atoms with Gasteiger partial charge in [0.1, 0.15) is 5.82 Å². The van der Waals surface area contributed by atoms with E-state index in [0.29, 0.717) is 19.6 Å². The highest BCUT2D eigenvalue weighted by Crippen LogP contribution is 2.17. The van der Waals surface area contributed by atoms with Crippen LogP contribution in [-0.2, 0) is 4.79 Å². The number of carbonyl (C=O) groups is 2. The van der Waals surface area contributed by atoms with Crippen molar-refractivity contribution in [2.75, 3.05) is 56.0 Å². The van der Waals surface area contributed by atoms with Crippen LogP contribution in [-0.4, -0.2) is 73.6 Å². The molecule has 8 heteroatoms. The third kappa shape index (κ3) is 5.97. The fraction of sp³-hybridized carbons (Fsp3) is 0.417. The molecule has 7 nitrogen and oxygen atoms in total. The molecule has 0 aliphatic carbocycles. The number of piperazine rings is 1. The number of hydrogen-bond donors (Lipinski definition) is 2. The van der Waals surface area contributed by atoms with Gasteiger partial charge in [-0.05, 0) is 49.2 Å². The van der Waals surface area contributed by atoms with Gasteiger partial charge in [0.05, 0.1) is 6.54 Å². The van der Waals surface area contributed by atoms with Crippen molar-refractivity contribution in [3.05, 3.63) is 60.4 Å². The topological polar surface area (TPSA) is 67.9 Å². The van der Waals surface area contributed by atoms with Crippen LogP contribution in [0.5, 0.6) is 0 Å². The maximum atomic E-state index is 13.1. The van der Waals surface area contributed by atoms with Gasteiger partial charge in [0.2, 0.25) is 5.91 Å². The molecule has 2 aliphatic rings. The summed E-state index contributed by atoms with van der Waals surface area (Å²) < 4.78 is 13.1. The summed E-state index contributed by atoms with van der Waals surface area (Å²) in [5.41, 5.74) is 1.76. The second-order valence-corrected chi connectivity index (χ2v) is 8.36. The summed E-state index contributed by atoms with van der Waals surface area (Å²) in [5.74, 6) is -0.0876. The van der Waals surface area contributed by atoms with E-state index in [4.69, 9.17) is 0 Å². The van der Waals surface area contributed by atoms with Gasteiger partial charge in [-0.25, -0.2) is 9.18 Å². The first-order valence-electron chi connectivity index (χ1n) is 11.2. The van der Waals surface area contributed by atoms with Crippen molar-refractivity contribution >= 4 is 23.3 Å². The minimum Gasteiger partial charge on any atom is -0.368 e. The summed E-state index contributed by atoms with van der Waals surface area (Å²) in [6, 6.07) is 15.8. The molecular weight excluding hydrogens is 409 g/mol. The number of amides is 3. The molecule has 2 aromatic rings. The smallest absolute Gasteiger partial charge is 0.319 e. The van der Waals surface area contributed by atoms with E-state index in [9.17, 15) is 14.0 Å². The number of urea groups is 1. The van der Waals surface area contributed by atoms with E-state index in [1.54, 1.807) is 12.1 Å². The molecular formula is C24H30FN5O2. The summed E-state index contributed by atoms with van der Waals surface area (Å²) >= 11 is 0. The molecule has 32 heavy (non-hydrogen) atoms. The lowest BCUT2D eigenvalue weighted by atomic mass is 10.1. The Hall–Kier alpha value is -3.13. The maximum absolute atomic E-state index is 13.1. The molecule has 0 radical (unpaired) electrons. The van der Waals surface area contributed by atoms with Gasteiger partial charge in [-0.15, -0.1) is 0 Å². The average Bonchev–Trinajstić information content (AvgIpc) is 2.81. The summed E-state index contributed by atoms with van der Waals surface area (Å²) in [5, 5.41) is 5.87. The number of piperidine rings is 1. The third-order valence-corrected chi connectivity index (χ3v) is 6.14. The summed E-state index contributed by atoms with van der Waals surface area (Å²) in [4.78, 5) is 31.2. The highest BCUT2D eigenvalue weighted by molar-refractivity contribution is 5.89. The molecule has 2 heterocycles. The molecule has 0 atom stereocenters. The van der Waals surface area contributed by atoms with E-state index in [0.717, 1.165) is 50.4 Å². The predicted molar refractivity (Wildman–Crippen MR) is 123 cm³/mol. The van der Waals surface area contributed by atoms with Gasteiger partial charge in [-0.2, -0.15) is 0 Å².